The molecule has 0 aliphatic carbocycles. The average Bonchev–Trinajstić information content (AvgIpc) is 3.51. The Hall–Kier alpha value is -3.86. The number of aromatic nitrogens is 4. The Morgan fingerprint density at radius 3 is 2.80 bits per heavy atom. The highest BCUT2D eigenvalue weighted by Gasteiger charge is 2.32. The normalized spacial score (nSPS) is 16.7. The maximum Gasteiger partial charge on any atom is 0.258 e. The van der Waals surface area contributed by atoms with Crippen molar-refractivity contribution in [3.8, 4) is 12.0 Å². The third-order valence-electron chi connectivity index (χ3n) is 5.64. The van der Waals surface area contributed by atoms with Crippen LogP contribution in [0, 0.1) is 18.3 Å². The highest BCUT2D eigenvalue weighted by atomic mass is 16.4. The van der Waals surface area contributed by atoms with Crippen LogP contribution in [-0.2, 0) is 0 Å². The Kier molecular flexibility index (Phi) is 4.36. The van der Waals surface area contributed by atoms with E-state index in [1.54, 1.807) is 28.8 Å². The Balaban J connectivity index is 1.46. The van der Waals surface area contributed by atoms with Crippen LogP contribution in [0.2, 0.25) is 0 Å². The van der Waals surface area contributed by atoms with Crippen LogP contribution in [0.25, 0.3) is 11.5 Å². The molecule has 1 aliphatic rings. The third-order valence-corrected chi connectivity index (χ3v) is 5.64. The van der Waals surface area contributed by atoms with Crippen molar-refractivity contribution in [1.29, 1.82) is 5.26 Å². The number of rotatable bonds is 3. The van der Waals surface area contributed by atoms with Gasteiger partial charge in [-0.05, 0) is 44.0 Å². The average molecular weight is 400 g/mol. The molecule has 1 fully saturated rings. The Bertz CT molecular complexity index is 1260. The van der Waals surface area contributed by atoms with Gasteiger partial charge in [-0.2, -0.15) is 5.26 Å². The molecule has 4 aromatic heterocycles. The number of carbonyl (C=O) groups is 1. The van der Waals surface area contributed by atoms with Gasteiger partial charge in [-0.25, -0.2) is 0 Å². The number of likely N-dealkylation sites (tertiary alicyclic amines) is 1. The first-order chi connectivity index (χ1) is 14.7. The minimum atomic E-state index is -0.176. The van der Waals surface area contributed by atoms with Crippen molar-refractivity contribution in [2.24, 2.45) is 0 Å². The van der Waals surface area contributed by atoms with Crippen molar-refractivity contribution in [1.82, 2.24) is 24.1 Å². The van der Waals surface area contributed by atoms with Gasteiger partial charge < -0.3 is 9.32 Å². The number of furan rings is 1. The Morgan fingerprint density at radius 1 is 1.20 bits per heavy atom. The van der Waals surface area contributed by atoms with Crippen LogP contribution < -0.4 is 0 Å². The fraction of sp³-hybridized carbons (Fsp3) is 0.273. The second-order valence-corrected chi connectivity index (χ2v) is 7.49. The molecule has 0 saturated carbocycles. The van der Waals surface area contributed by atoms with E-state index < -0.39 is 0 Å². The number of amides is 1. The van der Waals surface area contributed by atoms with Gasteiger partial charge >= 0.3 is 0 Å². The van der Waals surface area contributed by atoms with E-state index in [4.69, 9.17) is 4.42 Å². The highest BCUT2D eigenvalue weighted by molar-refractivity contribution is 5.98. The number of piperidine rings is 1. The van der Waals surface area contributed by atoms with Crippen molar-refractivity contribution in [3.63, 3.8) is 0 Å². The summed E-state index contributed by atoms with van der Waals surface area (Å²) in [5.74, 6) is 1.60. The quantitative estimate of drug-likeness (QED) is 0.526. The van der Waals surface area contributed by atoms with Gasteiger partial charge in [0.15, 0.2) is 5.65 Å². The first-order valence-electron chi connectivity index (χ1n) is 9.93. The molecular weight excluding hydrogens is 380 g/mol. The molecule has 0 aromatic carbocycles. The summed E-state index contributed by atoms with van der Waals surface area (Å²) in [5, 5.41) is 18.4. The Labute approximate surface area is 173 Å². The van der Waals surface area contributed by atoms with Gasteiger partial charge in [-0.1, -0.05) is 6.07 Å². The molecule has 0 bridgehead atoms. The van der Waals surface area contributed by atoms with Crippen molar-refractivity contribution in [3.05, 3.63) is 71.6 Å². The molecule has 8 nitrogen and oxygen atoms in total. The van der Waals surface area contributed by atoms with Crippen molar-refractivity contribution < 1.29 is 9.21 Å². The fourth-order valence-corrected chi connectivity index (χ4v) is 4.21. The van der Waals surface area contributed by atoms with Gasteiger partial charge in [0.2, 0.25) is 5.88 Å². The van der Waals surface area contributed by atoms with Crippen LogP contribution in [0.4, 0.5) is 0 Å². The van der Waals surface area contributed by atoms with E-state index >= 15 is 0 Å². The molecular formula is C22H20N6O2. The zero-order valence-corrected chi connectivity index (χ0v) is 16.5. The number of nitriles is 1. The molecule has 150 valence electrons. The summed E-state index contributed by atoms with van der Waals surface area (Å²) in [5.41, 5.74) is 1.40. The number of pyridine rings is 1. The molecule has 30 heavy (non-hydrogen) atoms. The molecule has 0 N–H and O–H groups in total. The van der Waals surface area contributed by atoms with Crippen molar-refractivity contribution in [2.75, 3.05) is 13.1 Å². The van der Waals surface area contributed by atoms with E-state index in [9.17, 15) is 10.1 Å². The lowest BCUT2D eigenvalue weighted by Crippen LogP contribution is -2.40. The van der Waals surface area contributed by atoms with Crippen molar-refractivity contribution in [2.45, 2.75) is 25.7 Å². The molecule has 8 heteroatoms. The lowest BCUT2D eigenvalue weighted by Gasteiger charge is -2.32. The molecule has 1 atom stereocenters. The predicted molar refractivity (Wildman–Crippen MR) is 108 cm³/mol. The molecule has 0 spiro atoms. The highest BCUT2D eigenvalue weighted by Crippen LogP contribution is 2.31. The first-order valence-corrected chi connectivity index (χ1v) is 9.93. The van der Waals surface area contributed by atoms with E-state index in [0.29, 0.717) is 30.3 Å². The smallest absolute Gasteiger partial charge is 0.258 e. The third kappa shape index (κ3) is 2.87. The van der Waals surface area contributed by atoms with E-state index in [1.807, 2.05) is 40.9 Å². The molecule has 5 rings (SSSR count). The van der Waals surface area contributed by atoms with Gasteiger partial charge in [-0.15, -0.1) is 10.2 Å². The van der Waals surface area contributed by atoms with Crippen LogP contribution in [-0.4, -0.2) is 43.1 Å². The van der Waals surface area contributed by atoms with Crippen LogP contribution >= 0.6 is 0 Å². The van der Waals surface area contributed by atoms with Gasteiger partial charge in [-0.3, -0.25) is 13.8 Å². The minimum Gasteiger partial charge on any atom is -0.443 e. The van der Waals surface area contributed by atoms with Gasteiger partial charge in [0, 0.05) is 37.6 Å². The fourth-order valence-electron chi connectivity index (χ4n) is 4.21. The van der Waals surface area contributed by atoms with Crippen LogP contribution in [0.5, 0.6) is 0 Å². The number of hydrogen-bond donors (Lipinski definition) is 0. The summed E-state index contributed by atoms with van der Waals surface area (Å²) in [4.78, 5) is 15.2. The first kappa shape index (κ1) is 18.2. The van der Waals surface area contributed by atoms with E-state index in [2.05, 4.69) is 16.3 Å². The largest absolute Gasteiger partial charge is 0.443 e. The maximum absolute atomic E-state index is 13.4. The van der Waals surface area contributed by atoms with E-state index in [0.717, 1.165) is 24.3 Å². The lowest BCUT2D eigenvalue weighted by molar-refractivity contribution is 0.0702. The van der Waals surface area contributed by atoms with Crippen LogP contribution in [0.15, 0.2) is 53.3 Å². The second kappa shape index (κ2) is 7.19. The second-order valence-electron chi connectivity index (χ2n) is 7.49. The minimum absolute atomic E-state index is 0.0850. The molecule has 1 amide bonds. The topological polar surface area (TPSA) is 92.4 Å². The predicted octanol–water partition coefficient (Wildman–Crippen LogP) is 3.31. The SMILES string of the molecule is Cc1oc(-n2cccc2)c(C#N)c1C(=O)N1CCC[C@H](c2nnc3ccccn23)C1. The number of aryl methyl sites for hydroxylation is 1. The summed E-state index contributed by atoms with van der Waals surface area (Å²) in [7, 11) is 0. The summed E-state index contributed by atoms with van der Waals surface area (Å²) >= 11 is 0. The van der Waals surface area contributed by atoms with Gasteiger partial charge in [0.25, 0.3) is 5.91 Å². The van der Waals surface area contributed by atoms with Crippen molar-refractivity contribution >= 4 is 11.6 Å². The standard InChI is InChI=1S/C22H20N6O2/c1-15-19(17(13-23)22(30-15)26-9-4-5-10-26)21(29)27-11-6-7-16(14-27)20-25-24-18-8-2-3-12-28(18)20/h2-5,8-10,12,16H,6-7,11,14H2,1H3/t16-/m0/s1. The zero-order valence-electron chi connectivity index (χ0n) is 16.5. The summed E-state index contributed by atoms with van der Waals surface area (Å²) in [6.07, 6.45) is 7.33. The monoisotopic (exact) mass is 400 g/mol. The summed E-state index contributed by atoms with van der Waals surface area (Å²) in [6, 6.07) is 11.7. The number of nitrogens with zero attached hydrogens (tertiary/aromatic N) is 6. The number of fused-ring (bicyclic) bond motifs is 1. The number of hydrogen-bond acceptors (Lipinski definition) is 5. The maximum atomic E-state index is 13.4. The molecule has 4 aromatic rings. The van der Waals surface area contributed by atoms with E-state index in [-0.39, 0.29) is 17.4 Å². The zero-order chi connectivity index (χ0) is 20.7. The van der Waals surface area contributed by atoms with Crippen LogP contribution in [0.1, 0.15) is 46.3 Å². The van der Waals surface area contributed by atoms with E-state index in [1.165, 1.54) is 0 Å². The number of carbonyl (C=O) groups excluding carboxylic acids is 1. The van der Waals surface area contributed by atoms with Crippen LogP contribution in [0.3, 0.4) is 0 Å². The molecule has 1 aliphatic heterocycles. The lowest BCUT2D eigenvalue weighted by atomic mass is 9.96. The molecule has 5 heterocycles. The van der Waals surface area contributed by atoms with Gasteiger partial charge in [0.1, 0.15) is 28.8 Å². The molecule has 1 saturated heterocycles. The summed E-state index contributed by atoms with van der Waals surface area (Å²) < 4.78 is 9.51. The summed E-state index contributed by atoms with van der Waals surface area (Å²) in [6.45, 7) is 2.90. The molecule has 0 radical (unpaired) electrons. The Morgan fingerprint density at radius 2 is 2.00 bits per heavy atom. The van der Waals surface area contributed by atoms with Gasteiger partial charge in [0.05, 0.1) is 0 Å². The molecule has 0 unspecified atom stereocenters.